The van der Waals surface area contributed by atoms with Gasteiger partial charge >= 0.3 is 0 Å². The molecule has 80 valence electrons. The Morgan fingerprint density at radius 1 is 1.13 bits per heavy atom. The highest BCUT2D eigenvalue weighted by atomic mass is 79.9. The lowest BCUT2D eigenvalue weighted by Gasteiger charge is -2.03. The van der Waals surface area contributed by atoms with Gasteiger partial charge in [0.05, 0.1) is 4.83 Å². The molecule has 0 aliphatic rings. The van der Waals surface area contributed by atoms with Gasteiger partial charge in [-0.15, -0.1) is 22.7 Å². The van der Waals surface area contributed by atoms with Crippen molar-refractivity contribution in [2.24, 2.45) is 0 Å². The minimum absolute atomic E-state index is 0.376. The van der Waals surface area contributed by atoms with Gasteiger partial charge in [-0.1, -0.05) is 22.9 Å². The standard InChI is InChI=1S/C12H13BrS2/c1-3-9-5-7-11(15-9)12(13)10-6-4-8(2)14-10/h4-7,12H,3H2,1-2H3. The van der Waals surface area contributed by atoms with Crippen LogP contribution in [0.2, 0.25) is 0 Å². The van der Waals surface area contributed by atoms with Crippen LogP contribution < -0.4 is 0 Å². The topological polar surface area (TPSA) is 0 Å². The maximum absolute atomic E-state index is 3.77. The van der Waals surface area contributed by atoms with Crippen LogP contribution in [-0.4, -0.2) is 0 Å². The third kappa shape index (κ3) is 2.52. The normalized spacial score (nSPS) is 13.0. The predicted octanol–water partition coefficient (Wildman–Crippen LogP) is 5.16. The summed E-state index contributed by atoms with van der Waals surface area (Å²) in [4.78, 5) is 6.02. The van der Waals surface area contributed by atoms with Crippen LogP contribution in [0.5, 0.6) is 0 Å². The summed E-state index contributed by atoms with van der Waals surface area (Å²) < 4.78 is 0. The van der Waals surface area contributed by atoms with Gasteiger partial charge in [-0.2, -0.15) is 0 Å². The maximum Gasteiger partial charge on any atom is 0.0831 e. The summed E-state index contributed by atoms with van der Waals surface area (Å²) in [6.45, 7) is 4.36. The van der Waals surface area contributed by atoms with E-state index in [4.69, 9.17) is 0 Å². The first-order valence-corrected chi connectivity index (χ1v) is 7.54. The summed E-state index contributed by atoms with van der Waals surface area (Å²) in [7, 11) is 0. The van der Waals surface area contributed by atoms with Gasteiger partial charge in [0, 0.05) is 19.5 Å². The fourth-order valence-electron chi connectivity index (χ4n) is 1.45. The van der Waals surface area contributed by atoms with Crippen LogP contribution >= 0.6 is 38.6 Å². The zero-order valence-corrected chi connectivity index (χ0v) is 12.0. The molecular formula is C12H13BrS2. The van der Waals surface area contributed by atoms with Crippen molar-refractivity contribution in [2.75, 3.05) is 0 Å². The average molecular weight is 301 g/mol. The third-order valence-corrected chi connectivity index (χ3v) is 6.24. The maximum atomic E-state index is 3.77. The Hall–Kier alpha value is -0.120. The van der Waals surface area contributed by atoms with Crippen molar-refractivity contribution in [3.05, 3.63) is 43.8 Å². The average Bonchev–Trinajstić information content (AvgIpc) is 2.84. The van der Waals surface area contributed by atoms with E-state index in [1.807, 2.05) is 22.7 Å². The van der Waals surface area contributed by atoms with Crippen molar-refractivity contribution in [1.29, 1.82) is 0 Å². The van der Waals surface area contributed by atoms with Crippen LogP contribution in [0.15, 0.2) is 24.3 Å². The molecule has 0 saturated heterocycles. The summed E-state index contributed by atoms with van der Waals surface area (Å²) in [5, 5.41) is 0. The van der Waals surface area contributed by atoms with Crippen LogP contribution in [0.1, 0.15) is 31.3 Å². The van der Waals surface area contributed by atoms with Gasteiger partial charge in [0.1, 0.15) is 0 Å². The van der Waals surface area contributed by atoms with Crippen molar-refractivity contribution < 1.29 is 0 Å². The summed E-state index contributed by atoms with van der Waals surface area (Å²) in [6.07, 6.45) is 1.13. The molecule has 2 aromatic heterocycles. The van der Waals surface area contributed by atoms with Gasteiger partial charge in [-0.25, -0.2) is 0 Å². The number of alkyl halides is 1. The Kier molecular flexibility index (Phi) is 3.65. The zero-order chi connectivity index (χ0) is 10.8. The van der Waals surface area contributed by atoms with E-state index < -0.39 is 0 Å². The Bertz CT molecular complexity index is 442. The molecule has 0 N–H and O–H groups in total. The van der Waals surface area contributed by atoms with Crippen LogP contribution in [0.3, 0.4) is 0 Å². The molecule has 0 aliphatic carbocycles. The molecule has 0 amide bonds. The van der Waals surface area contributed by atoms with Crippen molar-refractivity contribution in [3.8, 4) is 0 Å². The number of thiophene rings is 2. The molecule has 0 spiro atoms. The molecule has 0 fully saturated rings. The highest BCUT2D eigenvalue weighted by Gasteiger charge is 2.14. The van der Waals surface area contributed by atoms with E-state index >= 15 is 0 Å². The van der Waals surface area contributed by atoms with Gasteiger partial charge in [0.15, 0.2) is 0 Å². The summed E-state index contributed by atoms with van der Waals surface area (Å²) in [5.74, 6) is 0. The summed E-state index contributed by atoms with van der Waals surface area (Å²) in [6, 6.07) is 8.86. The van der Waals surface area contributed by atoms with Gasteiger partial charge in [0.25, 0.3) is 0 Å². The van der Waals surface area contributed by atoms with Gasteiger partial charge in [-0.3, -0.25) is 0 Å². The van der Waals surface area contributed by atoms with E-state index in [2.05, 4.69) is 54.0 Å². The largest absolute Gasteiger partial charge is 0.144 e. The van der Waals surface area contributed by atoms with E-state index in [-0.39, 0.29) is 0 Å². The molecule has 0 nitrogen and oxygen atoms in total. The highest BCUT2D eigenvalue weighted by Crippen LogP contribution is 2.38. The minimum Gasteiger partial charge on any atom is -0.144 e. The monoisotopic (exact) mass is 300 g/mol. The van der Waals surface area contributed by atoms with Crippen molar-refractivity contribution in [1.82, 2.24) is 0 Å². The molecule has 2 aromatic rings. The molecule has 0 saturated carbocycles. The molecule has 0 radical (unpaired) electrons. The Labute approximate surface area is 107 Å². The molecule has 1 unspecified atom stereocenters. The third-order valence-electron chi connectivity index (χ3n) is 2.29. The second-order valence-electron chi connectivity index (χ2n) is 3.47. The minimum atomic E-state index is 0.376. The van der Waals surface area contributed by atoms with Crippen molar-refractivity contribution in [2.45, 2.75) is 25.1 Å². The van der Waals surface area contributed by atoms with E-state index in [1.54, 1.807) is 0 Å². The van der Waals surface area contributed by atoms with E-state index in [1.165, 1.54) is 19.5 Å². The van der Waals surface area contributed by atoms with Crippen LogP contribution in [0.4, 0.5) is 0 Å². The van der Waals surface area contributed by atoms with Crippen LogP contribution in [0.25, 0.3) is 0 Å². The molecule has 2 heterocycles. The molecule has 0 bridgehead atoms. The molecule has 1 atom stereocenters. The number of hydrogen-bond acceptors (Lipinski definition) is 2. The molecular weight excluding hydrogens is 288 g/mol. The quantitative estimate of drug-likeness (QED) is 0.687. The summed E-state index contributed by atoms with van der Waals surface area (Å²) in [5.41, 5.74) is 0. The molecule has 3 heteroatoms. The zero-order valence-electron chi connectivity index (χ0n) is 8.79. The van der Waals surface area contributed by atoms with Gasteiger partial charge in [0.2, 0.25) is 0 Å². The lowest BCUT2D eigenvalue weighted by Crippen LogP contribution is -1.83. The lowest BCUT2D eigenvalue weighted by molar-refractivity contribution is 1.19. The Balaban J connectivity index is 2.23. The number of halogens is 1. The van der Waals surface area contributed by atoms with E-state index in [0.29, 0.717) is 4.83 Å². The highest BCUT2D eigenvalue weighted by molar-refractivity contribution is 9.09. The van der Waals surface area contributed by atoms with Crippen molar-refractivity contribution >= 4 is 38.6 Å². The Morgan fingerprint density at radius 3 is 2.33 bits per heavy atom. The summed E-state index contributed by atoms with van der Waals surface area (Å²) >= 11 is 7.54. The second-order valence-corrected chi connectivity index (χ2v) is 6.90. The van der Waals surface area contributed by atoms with E-state index in [9.17, 15) is 0 Å². The van der Waals surface area contributed by atoms with E-state index in [0.717, 1.165) is 6.42 Å². The molecule has 0 aliphatic heterocycles. The first-order valence-electron chi connectivity index (χ1n) is 4.99. The van der Waals surface area contributed by atoms with Crippen LogP contribution in [-0.2, 0) is 6.42 Å². The predicted molar refractivity (Wildman–Crippen MR) is 73.5 cm³/mol. The number of hydrogen-bond donors (Lipinski definition) is 0. The number of rotatable bonds is 3. The lowest BCUT2D eigenvalue weighted by atomic mass is 10.3. The van der Waals surface area contributed by atoms with Gasteiger partial charge in [-0.05, 0) is 37.6 Å². The Morgan fingerprint density at radius 2 is 1.80 bits per heavy atom. The fourth-order valence-corrected chi connectivity index (χ4v) is 4.22. The molecule has 15 heavy (non-hydrogen) atoms. The molecule has 0 aromatic carbocycles. The van der Waals surface area contributed by atoms with Gasteiger partial charge < -0.3 is 0 Å². The van der Waals surface area contributed by atoms with Crippen LogP contribution in [0, 0.1) is 6.92 Å². The fraction of sp³-hybridized carbons (Fsp3) is 0.333. The molecule has 2 rings (SSSR count). The first-order chi connectivity index (χ1) is 7.20. The number of aryl methyl sites for hydroxylation is 2. The van der Waals surface area contributed by atoms with Crippen molar-refractivity contribution in [3.63, 3.8) is 0 Å². The smallest absolute Gasteiger partial charge is 0.0831 e. The second kappa shape index (κ2) is 4.81. The SMILES string of the molecule is CCc1ccc(C(Br)c2ccc(C)s2)s1. The first kappa shape index (κ1) is 11.4.